The van der Waals surface area contributed by atoms with Crippen LogP contribution in [0.15, 0.2) is 30.5 Å². The molecule has 0 saturated heterocycles. The summed E-state index contributed by atoms with van der Waals surface area (Å²) in [7, 11) is 0. The smallest absolute Gasteiger partial charge is 0.226 e. The van der Waals surface area contributed by atoms with E-state index in [1.807, 2.05) is 23.2 Å². The van der Waals surface area contributed by atoms with Crippen LogP contribution in [0.5, 0.6) is 0 Å². The number of benzene rings is 1. The van der Waals surface area contributed by atoms with Crippen LogP contribution in [0.2, 0.25) is 0 Å². The third-order valence-corrected chi connectivity index (χ3v) is 4.16. The third kappa shape index (κ3) is 2.25. The highest BCUT2D eigenvalue weighted by molar-refractivity contribution is 5.85. The van der Waals surface area contributed by atoms with Crippen LogP contribution in [0, 0.1) is 11.8 Å². The Bertz CT molecular complexity index is 602. The summed E-state index contributed by atoms with van der Waals surface area (Å²) in [6, 6.07) is 8.25. The van der Waals surface area contributed by atoms with Gasteiger partial charge in [-0.2, -0.15) is 0 Å². The number of rotatable bonds is 4. The molecule has 1 fully saturated rings. The van der Waals surface area contributed by atoms with Crippen molar-refractivity contribution in [1.82, 2.24) is 9.88 Å². The molecule has 1 aromatic heterocycles. The second-order valence-electron chi connectivity index (χ2n) is 5.53. The summed E-state index contributed by atoms with van der Waals surface area (Å²) in [5.41, 5.74) is 2.35. The van der Waals surface area contributed by atoms with Crippen LogP contribution in [0.25, 0.3) is 10.9 Å². The van der Waals surface area contributed by atoms with Crippen molar-refractivity contribution >= 4 is 16.8 Å². The molecule has 1 saturated carbocycles. The number of carbonyl (C=O) groups is 1. The quantitative estimate of drug-likeness (QED) is 0.896. The molecule has 1 aromatic carbocycles. The van der Waals surface area contributed by atoms with Crippen LogP contribution in [-0.4, -0.2) is 22.3 Å². The van der Waals surface area contributed by atoms with Crippen molar-refractivity contribution < 1.29 is 4.79 Å². The molecule has 1 N–H and O–H groups in total. The van der Waals surface area contributed by atoms with Gasteiger partial charge in [-0.1, -0.05) is 25.1 Å². The van der Waals surface area contributed by atoms with Gasteiger partial charge in [0.15, 0.2) is 0 Å². The number of para-hydroxylation sites is 1. The zero-order valence-electron chi connectivity index (χ0n) is 11.5. The number of hydrogen-bond acceptors (Lipinski definition) is 1. The highest BCUT2D eigenvalue weighted by Gasteiger charge is 2.41. The van der Waals surface area contributed by atoms with Gasteiger partial charge < -0.3 is 9.88 Å². The van der Waals surface area contributed by atoms with Crippen LogP contribution in [0.4, 0.5) is 0 Å². The Morgan fingerprint density at radius 3 is 2.84 bits per heavy atom. The summed E-state index contributed by atoms with van der Waals surface area (Å²) in [4.78, 5) is 17.6. The lowest BCUT2D eigenvalue weighted by molar-refractivity contribution is -0.133. The lowest BCUT2D eigenvalue weighted by atomic mass is 10.1. The number of nitrogens with zero attached hydrogens (tertiary/aromatic N) is 1. The second kappa shape index (κ2) is 4.72. The molecule has 2 aromatic rings. The van der Waals surface area contributed by atoms with Crippen molar-refractivity contribution in [2.75, 3.05) is 6.54 Å². The molecule has 0 spiro atoms. The van der Waals surface area contributed by atoms with Gasteiger partial charge in [-0.3, -0.25) is 4.79 Å². The molecule has 100 valence electrons. The number of carbonyl (C=O) groups excluding carboxylic acids is 1. The first-order chi connectivity index (χ1) is 9.20. The average molecular weight is 256 g/mol. The van der Waals surface area contributed by atoms with Gasteiger partial charge in [0.05, 0.1) is 0 Å². The Labute approximate surface area is 113 Å². The molecule has 1 aliphatic rings. The summed E-state index contributed by atoms with van der Waals surface area (Å²) >= 11 is 0. The average Bonchev–Trinajstić information content (AvgIpc) is 3.02. The van der Waals surface area contributed by atoms with Crippen molar-refractivity contribution in [3.63, 3.8) is 0 Å². The standard InChI is InChI=1S/C16H20N2O/c1-3-18(16(19)14-8-11(14)2)10-12-9-17-15-7-5-4-6-13(12)15/h4-7,9,11,14,17H,3,8,10H2,1-2H3. The molecule has 1 aliphatic carbocycles. The van der Waals surface area contributed by atoms with Crippen LogP contribution in [0.3, 0.4) is 0 Å². The molecular weight excluding hydrogens is 236 g/mol. The molecule has 2 unspecified atom stereocenters. The number of H-pyrrole nitrogens is 1. The fraction of sp³-hybridized carbons (Fsp3) is 0.438. The van der Waals surface area contributed by atoms with E-state index in [0.29, 0.717) is 18.4 Å². The van der Waals surface area contributed by atoms with Gasteiger partial charge in [-0.05, 0) is 30.9 Å². The maximum absolute atomic E-state index is 12.3. The Morgan fingerprint density at radius 2 is 2.16 bits per heavy atom. The summed E-state index contributed by atoms with van der Waals surface area (Å²) < 4.78 is 0. The van der Waals surface area contributed by atoms with E-state index in [0.717, 1.165) is 18.5 Å². The van der Waals surface area contributed by atoms with Gasteiger partial charge in [-0.15, -0.1) is 0 Å². The minimum absolute atomic E-state index is 0.269. The number of amides is 1. The first-order valence-electron chi connectivity index (χ1n) is 7.04. The molecule has 0 radical (unpaired) electrons. The van der Waals surface area contributed by atoms with Crippen molar-refractivity contribution in [1.29, 1.82) is 0 Å². The Hall–Kier alpha value is -1.77. The minimum Gasteiger partial charge on any atom is -0.361 e. The van der Waals surface area contributed by atoms with E-state index < -0.39 is 0 Å². The van der Waals surface area contributed by atoms with E-state index in [9.17, 15) is 4.79 Å². The SMILES string of the molecule is CCN(Cc1c[nH]c2ccccc12)C(=O)C1CC1C. The zero-order valence-corrected chi connectivity index (χ0v) is 11.5. The van der Waals surface area contributed by atoms with Crippen LogP contribution in [-0.2, 0) is 11.3 Å². The molecule has 2 atom stereocenters. The maximum atomic E-state index is 12.3. The molecule has 1 amide bonds. The lowest BCUT2D eigenvalue weighted by Crippen LogP contribution is -2.31. The number of nitrogens with one attached hydrogen (secondary N) is 1. The lowest BCUT2D eigenvalue weighted by Gasteiger charge is -2.20. The van der Waals surface area contributed by atoms with Gasteiger partial charge in [0, 0.05) is 36.1 Å². The molecular formula is C16H20N2O. The highest BCUT2D eigenvalue weighted by Crippen LogP contribution is 2.39. The van der Waals surface area contributed by atoms with E-state index >= 15 is 0 Å². The second-order valence-corrected chi connectivity index (χ2v) is 5.53. The first kappa shape index (κ1) is 12.3. The van der Waals surface area contributed by atoms with Crippen molar-refractivity contribution in [2.24, 2.45) is 11.8 Å². The Kier molecular flexibility index (Phi) is 3.05. The van der Waals surface area contributed by atoms with Crippen LogP contribution < -0.4 is 0 Å². The maximum Gasteiger partial charge on any atom is 0.226 e. The van der Waals surface area contributed by atoms with Gasteiger partial charge in [0.1, 0.15) is 0 Å². The van der Waals surface area contributed by atoms with Gasteiger partial charge in [-0.25, -0.2) is 0 Å². The Morgan fingerprint density at radius 1 is 1.42 bits per heavy atom. The van der Waals surface area contributed by atoms with Crippen molar-refractivity contribution in [3.05, 3.63) is 36.0 Å². The Balaban J connectivity index is 1.80. The number of fused-ring (bicyclic) bond motifs is 1. The minimum atomic E-state index is 0.269. The predicted octanol–water partition coefficient (Wildman–Crippen LogP) is 3.17. The molecule has 3 rings (SSSR count). The predicted molar refractivity (Wildman–Crippen MR) is 76.7 cm³/mol. The summed E-state index contributed by atoms with van der Waals surface area (Å²) in [5, 5.41) is 1.22. The fourth-order valence-electron chi connectivity index (χ4n) is 2.71. The monoisotopic (exact) mass is 256 g/mol. The van der Waals surface area contributed by atoms with Gasteiger partial charge >= 0.3 is 0 Å². The van der Waals surface area contributed by atoms with E-state index in [-0.39, 0.29) is 5.92 Å². The van der Waals surface area contributed by atoms with E-state index in [2.05, 4.69) is 31.0 Å². The van der Waals surface area contributed by atoms with Crippen molar-refractivity contribution in [3.8, 4) is 0 Å². The van der Waals surface area contributed by atoms with Gasteiger partial charge in [0.2, 0.25) is 5.91 Å². The first-order valence-corrected chi connectivity index (χ1v) is 7.04. The zero-order chi connectivity index (χ0) is 13.4. The number of hydrogen-bond donors (Lipinski definition) is 1. The fourth-order valence-corrected chi connectivity index (χ4v) is 2.71. The summed E-state index contributed by atoms with van der Waals surface area (Å²) in [6.45, 7) is 5.70. The largest absolute Gasteiger partial charge is 0.361 e. The van der Waals surface area contributed by atoms with Gasteiger partial charge in [0.25, 0.3) is 0 Å². The molecule has 19 heavy (non-hydrogen) atoms. The van der Waals surface area contributed by atoms with Crippen molar-refractivity contribution in [2.45, 2.75) is 26.8 Å². The molecule has 3 nitrogen and oxygen atoms in total. The topological polar surface area (TPSA) is 36.1 Å². The highest BCUT2D eigenvalue weighted by atomic mass is 16.2. The summed E-state index contributed by atoms with van der Waals surface area (Å²) in [5.74, 6) is 1.16. The number of aromatic amines is 1. The molecule has 3 heteroatoms. The third-order valence-electron chi connectivity index (χ3n) is 4.16. The van der Waals surface area contributed by atoms with E-state index in [1.54, 1.807) is 0 Å². The molecule has 1 heterocycles. The van der Waals surface area contributed by atoms with E-state index in [4.69, 9.17) is 0 Å². The summed E-state index contributed by atoms with van der Waals surface area (Å²) in [6.07, 6.45) is 3.08. The normalized spacial score (nSPS) is 21.6. The molecule has 0 bridgehead atoms. The molecule has 0 aliphatic heterocycles. The van der Waals surface area contributed by atoms with Crippen LogP contribution >= 0.6 is 0 Å². The van der Waals surface area contributed by atoms with E-state index in [1.165, 1.54) is 10.9 Å². The van der Waals surface area contributed by atoms with Crippen LogP contribution in [0.1, 0.15) is 25.8 Å². The number of aromatic nitrogens is 1.